The van der Waals surface area contributed by atoms with E-state index in [0.717, 1.165) is 12.8 Å². The summed E-state index contributed by atoms with van der Waals surface area (Å²) >= 11 is 0. The Bertz CT molecular complexity index is 722. The number of Topliss-reactive ketones (excluding diaryl/α,β-unsaturated/α-hetero) is 1. The van der Waals surface area contributed by atoms with E-state index in [9.17, 15) is 19.2 Å². The van der Waals surface area contributed by atoms with Gasteiger partial charge in [-0.15, -0.1) is 0 Å². The predicted octanol–water partition coefficient (Wildman–Crippen LogP) is 0.988. The molecule has 132 valence electrons. The van der Waals surface area contributed by atoms with Gasteiger partial charge >= 0.3 is 5.97 Å². The lowest BCUT2D eigenvalue weighted by Gasteiger charge is -2.28. The van der Waals surface area contributed by atoms with E-state index in [0.29, 0.717) is 19.4 Å². The first kappa shape index (κ1) is 17.1. The zero-order chi connectivity index (χ0) is 18.0. The number of carboxylic acid groups (broad SMARTS) is 1. The van der Waals surface area contributed by atoms with Crippen LogP contribution >= 0.6 is 0 Å². The quantitative estimate of drug-likeness (QED) is 0.705. The van der Waals surface area contributed by atoms with E-state index in [4.69, 9.17) is 5.11 Å². The summed E-state index contributed by atoms with van der Waals surface area (Å²) in [6.07, 6.45) is 2.65. The molecule has 7 heteroatoms. The van der Waals surface area contributed by atoms with Crippen molar-refractivity contribution in [3.8, 4) is 0 Å². The number of hydrogen-bond acceptors (Lipinski definition) is 4. The van der Waals surface area contributed by atoms with Crippen LogP contribution in [0.15, 0.2) is 24.3 Å². The van der Waals surface area contributed by atoms with Crippen LogP contribution in [0.3, 0.4) is 0 Å². The van der Waals surface area contributed by atoms with Crippen molar-refractivity contribution in [1.82, 2.24) is 10.6 Å². The fourth-order valence-electron chi connectivity index (χ4n) is 3.47. The highest BCUT2D eigenvalue weighted by Crippen LogP contribution is 2.28. The molecule has 1 saturated carbocycles. The third-order valence-corrected chi connectivity index (χ3v) is 5.00. The zero-order valence-corrected chi connectivity index (χ0v) is 13.7. The number of carbonyl (C=O) groups excluding carboxylic acids is 3. The van der Waals surface area contributed by atoms with Gasteiger partial charge in [-0.05, 0) is 37.7 Å². The number of nitrogens with one attached hydrogen (secondary N) is 2. The minimum atomic E-state index is -1.21. The molecule has 1 aromatic carbocycles. The lowest BCUT2D eigenvalue weighted by molar-refractivity contribution is -0.143. The molecule has 1 aliphatic carbocycles. The Kier molecular flexibility index (Phi) is 4.83. The number of hydrogen-bond donors (Lipinski definition) is 3. The Morgan fingerprint density at radius 1 is 1.08 bits per heavy atom. The summed E-state index contributed by atoms with van der Waals surface area (Å²) in [5.41, 5.74) is 0.539. The van der Waals surface area contributed by atoms with E-state index in [2.05, 4.69) is 10.6 Å². The van der Waals surface area contributed by atoms with Gasteiger partial charge in [0.2, 0.25) is 0 Å². The molecule has 0 aromatic heterocycles. The van der Waals surface area contributed by atoms with Gasteiger partial charge in [0.25, 0.3) is 11.8 Å². The van der Waals surface area contributed by atoms with Crippen LogP contribution in [0.5, 0.6) is 0 Å². The summed E-state index contributed by atoms with van der Waals surface area (Å²) in [4.78, 5) is 47.8. The van der Waals surface area contributed by atoms with Crippen LogP contribution < -0.4 is 10.6 Å². The Morgan fingerprint density at radius 3 is 2.36 bits per heavy atom. The number of benzene rings is 1. The molecule has 2 aliphatic rings. The highest BCUT2D eigenvalue weighted by atomic mass is 16.4. The normalized spacial score (nSPS) is 25.7. The van der Waals surface area contributed by atoms with E-state index < -0.39 is 29.6 Å². The van der Waals surface area contributed by atoms with E-state index >= 15 is 0 Å². The molecule has 0 saturated heterocycles. The lowest BCUT2D eigenvalue weighted by atomic mass is 9.82. The van der Waals surface area contributed by atoms with Crippen molar-refractivity contribution in [2.24, 2.45) is 11.8 Å². The molecule has 3 rings (SSSR count). The van der Waals surface area contributed by atoms with Crippen molar-refractivity contribution >= 4 is 23.6 Å². The molecule has 1 unspecified atom stereocenters. The molecule has 25 heavy (non-hydrogen) atoms. The summed E-state index contributed by atoms with van der Waals surface area (Å²) in [6, 6.07) is 5.21. The fraction of sp³-hybridized carbons (Fsp3) is 0.444. The molecule has 1 aliphatic heterocycles. The number of amides is 2. The number of aliphatic carboxylic acids is 1. The first-order chi connectivity index (χ1) is 12.0. The molecule has 0 radical (unpaired) electrons. The van der Waals surface area contributed by atoms with E-state index in [-0.39, 0.29) is 23.0 Å². The molecule has 2 amide bonds. The first-order valence-electron chi connectivity index (χ1n) is 8.42. The van der Waals surface area contributed by atoms with Gasteiger partial charge in [-0.1, -0.05) is 18.2 Å². The average molecular weight is 344 g/mol. The van der Waals surface area contributed by atoms with Crippen molar-refractivity contribution in [1.29, 1.82) is 0 Å². The van der Waals surface area contributed by atoms with Crippen molar-refractivity contribution in [3.63, 3.8) is 0 Å². The second kappa shape index (κ2) is 7.04. The third-order valence-electron chi connectivity index (χ3n) is 5.00. The van der Waals surface area contributed by atoms with Gasteiger partial charge in [0, 0.05) is 12.1 Å². The van der Waals surface area contributed by atoms with Gasteiger partial charge in [-0.25, -0.2) is 0 Å². The van der Waals surface area contributed by atoms with Gasteiger partial charge in [-0.3, -0.25) is 19.2 Å². The van der Waals surface area contributed by atoms with Crippen LogP contribution in [0.4, 0.5) is 0 Å². The molecule has 0 bridgehead atoms. The maximum atomic E-state index is 12.4. The predicted molar refractivity (Wildman–Crippen MR) is 88.1 cm³/mol. The van der Waals surface area contributed by atoms with Gasteiger partial charge in [0.15, 0.2) is 11.8 Å². The highest BCUT2D eigenvalue weighted by molar-refractivity contribution is 6.23. The van der Waals surface area contributed by atoms with Crippen molar-refractivity contribution in [3.05, 3.63) is 35.4 Å². The monoisotopic (exact) mass is 344 g/mol. The van der Waals surface area contributed by atoms with Crippen molar-refractivity contribution in [2.45, 2.75) is 31.7 Å². The van der Waals surface area contributed by atoms with Crippen LogP contribution in [0, 0.1) is 11.8 Å². The third kappa shape index (κ3) is 3.55. The molecular formula is C18H20N2O5. The van der Waals surface area contributed by atoms with Crippen LogP contribution in [-0.2, 0) is 9.59 Å². The van der Waals surface area contributed by atoms with Gasteiger partial charge < -0.3 is 15.7 Å². The van der Waals surface area contributed by atoms with Crippen molar-refractivity contribution in [2.75, 3.05) is 6.54 Å². The SMILES string of the molecule is O=C1NC(C(=O)NC[C@H]2CC[C@H](C(=O)O)CC2)C(=O)c2ccccc21. The van der Waals surface area contributed by atoms with Crippen LogP contribution in [0.2, 0.25) is 0 Å². The smallest absolute Gasteiger partial charge is 0.306 e. The number of ketones is 1. The Hall–Kier alpha value is -2.70. The first-order valence-corrected chi connectivity index (χ1v) is 8.42. The number of carboxylic acids is 1. The van der Waals surface area contributed by atoms with E-state index in [1.54, 1.807) is 24.3 Å². The van der Waals surface area contributed by atoms with Crippen LogP contribution in [0.25, 0.3) is 0 Å². The average Bonchev–Trinajstić information content (AvgIpc) is 2.63. The topological polar surface area (TPSA) is 113 Å². The minimum Gasteiger partial charge on any atom is -0.481 e. The molecule has 1 fully saturated rings. The summed E-state index contributed by atoms with van der Waals surface area (Å²) < 4.78 is 0. The van der Waals surface area contributed by atoms with Crippen LogP contribution in [0.1, 0.15) is 46.4 Å². The Balaban J connectivity index is 1.57. The van der Waals surface area contributed by atoms with Gasteiger partial charge in [0.1, 0.15) is 0 Å². The van der Waals surface area contributed by atoms with Crippen molar-refractivity contribution < 1.29 is 24.3 Å². The molecular weight excluding hydrogens is 324 g/mol. The highest BCUT2D eigenvalue weighted by Gasteiger charge is 2.36. The van der Waals surface area contributed by atoms with E-state index in [1.807, 2.05) is 0 Å². The maximum absolute atomic E-state index is 12.4. The molecule has 1 heterocycles. The Morgan fingerprint density at radius 2 is 1.72 bits per heavy atom. The zero-order valence-electron chi connectivity index (χ0n) is 13.7. The lowest BCUT2D eigenvalue weighted by Crippen LogP contribution is -2.55. The Labute approximate surface area is 144 Å². The summed E-state index contributed by atoms with van der Waals surface area (Å²) in [6.45, 7) is 0.381. The largest absolute Gasteiger partial charge is 0.481 e. The maximum Gasteiger partial charge on any atom is 0.306 e. The summed E-state index contributed by atoms with van der Waals surface area (Å²) in [7, 11) is 0. The molecule has 3 N–H and O–H groups in total. The standard InChI is InChI=1S/C18H20N2O5/c21-15-12-3-1-2-4-13(12)16(22)20-14(15)17(23)19-9-10-5-7-11(8-6-10)18(24)25/h1-4,10-11,14H,5-9H2,(H,19,23)(H,20,22)(H,24,25)/t10-,11-,14?. The van der Waals surface area contributed by atoms with E-state index in [1.165, 1.54) is 0 Å². The second-order valence-corrected chi connectivity index (χ2v) is 6.62. The fourth-order valence-corrected chi connectivity index (χ4v) is 3.47. The summed E-state index contributed by atoms with van der Waals surface area (Å²) in [5, 5.41) is 14.2. The number of rotatable bonds is 4. The minimum absolute atomic E-state index is 0.196. The molecule has 1 atom stereocenters. The number of carbonyl (C=O) groups is 4. The molecule has 7 nitrogen and oxygen atoms in total. The molecule has 0 spiro atoms. The van der Waals surface area contributed by atoms with Gasteiger partial charge in [0.05, 0.1) is 11.5 Å². The molecule has 1 aromatic rings. The summed E-state index contributed by atoms with van der Waals surface area (Å²) in [5.74, 6) is -2.24. The second-order valence-electron chi connectivity index (χ2n) is 6.62. The van der Waals surface area contributed by atoms with Gasteiger partial charge in [-0.2, -0.15) is 0 Å². The number of fused-ring (bicyclic) bond motifs is 1. The van der Waals surface area contributed by atoms with Crippen LogP contribution in [-0.4, -0.2) is 41.3 Å².